The summed E-state index contributed by atoms with van der Waals surface area (Å²) in [5.74, 6) is -2.62. The summed E-state index contributed by atoms with van der Waals surface area (Å²) in [6.07, 6.45) is -3.92. The Morgan fingerprint density at radius 1 is 1.04 bits per heavy atom. The van der Waals surface area contributed by atoms with Gasteiger partial charge in [0.15, 0.2) is 9.84 Å². The molecule has 0 saturated carbocycles. The van der Waals surface area contributed by atoms with Crippen LogP contribution in [0.15, 0.2) is 41.3 Å². The molecule has 0 aliphatic rings. The summed E-state index contributed by atoms with van der Waals surface area (Å²) in [7, 11) is -3.32. The largest absolute Gasteiger partial charge is 0.455 e. The molecule has 0 atom stereocenters. The molecule has 0 spiro atoms. The molecule has 1 amide bonds. The molecule has 10 heteroatoms. The highest BCUT2D eigenvalue weighted by molar-refractivity contribution is 7.90. The Bertz CT molecular complexity index is 900. The number of carbonyl (C=O) groups is 2. The van der Waals surface area contributed by atoms with Crippen LogP contribution in [-0.4, -0.2) is 32.5 Å². The van der Waals surface area contributed by atoms with Crippen molar-refractivity contribution in [2.45, 2.75) is 17.6 Å². The fourth-order valence-electron chi connectivity index (χ4n) is 1.85. The van der Waals surface area contributed by atoms with Crippen LogP contribution in [0.4, 0.5) is 13.2 Å². The topological polar surface area (TPSA) is 80.3 Å². The minimum Gasteiger partial charge on any atom is -0.347 e. The Morgan fingerprint density at radius 3 is 2.12 bits per heavy atom. The standard InChI is InChI=1S/C15H12F3NO4S2/c1-25(22,23)10-4-2-9(3-5-10)8-19-14(21)12-7-6-11(24-12)13(20)15(16,17)18/h2-7H,8H2,1H3,(H,19,21). The molecule has 2 aromatic rings. The van der Waals surface area contributed by atoms with Crippen LogP contribution in [0.25, 0.3) is 0 Å². The highest BCUT2D eigenvalue weighted by atomic mass is 32.2. The van der Waals surface area contributed by atoms with Crippen molar-refractivity contribution >= 4 is 32.9 Å². The molecule has 0 aliphatic carbocycles. The molecule has 0 radical (unpaired) electrons. The third-order valence-electron chi connectivity index (χ3n) is 3.12. The van der Waals surface area contributed by atoms with Gasteiger partial charge in [-0.1, -0.05) is 12.1 Å². The van der Waals surface area contributed by atoms with Crippen molar-refractivity contribution in [2.75, 3.05) is 6.26 Å². The van der Waals surface area contributed by atoms with Gasteiger partial charge in [-0.15, -0.1) is 11.3 Å². The average Bonchev–Trinajstić information content (AvgIpc) is 3.00. The van der Waals surface area contributed by atoms with E-state index in [4.69, 9.17) is 0 Å². The number of hydrogen-bond donors (Lipinski definition) is 1. The minimum absolute atomic E-state index is 0.0274. The molecule has 134 valence electrons. The number of sulfone groups is 1. The van der Waals surface area contributed by atoms with Crippen LogP contribution in [0.2, 0.25) is 0 Å². The summed E-state index contributed by atoms with van der Waals surface area (Å²) in [4.78, 5) is 22.6. The Balaban J connectivity index is 2.01. The predicted molar refractivity (Wildman–Crippen MR) is 85.4 cm³/mol. The van der Waals surface area contributed by atoms with Crippen LogP contribution in [-0.2, 0) is 16.4 Å². The van der Waals surface area contributed by atoms with E-state index in [0.717, 1.165) is 18.4 Å². The lowest BCUT2D eigenvalue weighted by molar-refractivity contribution is -0.0882. The lowest BCUT2D eigenvalue weighted by Gasteiger charge is -2.05. The van der Waals surface area contributed by atoms with Gasteiger partial charge in [0.2, 0.25) is 0 Å². The summed E-state index contributed by atoms with van der Waals surface area (Å²) in [6.45, 7) is 0.0589. The Hall–Kier alpha value is -2.20. The number of alkyl halides is 3. The lowest BCUT2D eigenvalue weighted by atomic mass is 10.2. The molecule has 2 rings (SSSR count). The number of hydrogen-bond acceptors (Lipinski definition) is 5. The first-order chi connectivity index (χ1) is 11.5. The summed E-state index contributed by atoms with van der Waals surface area (Å²) < 4.78 is 59.7. The monoisotopic (exact) mass is 391 g/mol. The molecule has 1 N–H and O–H groups in total. The second-order valence-corrected chi connectivity index (χ2v) is 8.19. The lowest BCUT2D eigenvalue weighted by Crippen LogP contribution is -2.22. The van der Waals surface area contributed by atoms with Gasteiger partial charge < -0.3 is 5.32 Å². The van der Waals surface area contributed by atoms with E-state index < -0.39 is 32.6 Å². The minimum atomic E-state index is -4.99. The zero-order chi connectivity index (χ0) is 18.8. The van der Waals surface area contributed by atoms with Gasteiger partial charge in [0.1, 0.15) is 0 Å². The molecule has 25 heavy (non-hydrogen) atoms. The fourth-order valence-corrected chi connectivity index (χ4v) is 3.36. The van der Waals surface area contributed by atoms with Gasteiger partial charge in [-0.2, -0.15) is 13.2 Å². The fraction of sp³-hybridized carbons (Fsp3) is 0.200. The van der Waals surface area contributed by atoms with Crippen LogP contribution in [0.3, 0.4) is 0 Å². The van der Waals surface area contributed by atoms with E-state index in [2.05, 4.69) is 5.32 Å². The summed E-state index contributed by atoms with van der Waals surface area (Å²) in [5.41, 5.74) is 0.615. The van der Waals surface area contributed by atoms with Crippen molar-refractivity contribution in [3.63, 3.8) is 0 Å². The maximum Gasteiger partial charge on any atom is 0.455 e. The number of thiophene rings is 1. The number of amides is 1. The van der Waals surface area contributed by atoms with Crippen molar-refractivity contribution in [3.05, 3.63) is 51.7 Å². The highest BCUT2D eigenvalue weighted by Crippen LogP contribution is 2.26. The first-order valence-electron chi connectivity index (χ1n) is 6.77. The summed E-state index contributed by atoms with van der Waals surface area (Å²) in [5, 5.41) is 2.49. The van der Waals surface area contributed by atoms with Crippen LogP contribution in [0.5, 0.6) is 0 Å². The van der Waals surface area contributed by atoms with Crippen molar-refractivity contribution in [1.29, 1.82) is 0 Å². The molecular weight excluding hydrogens is 379 g/mol. The number of rotatable bonds is 5. The van der Waals surface area contributed by atoms with Gasteiger partial charge in [0, 0.05) is 12.8 Å². The van der Waals surface area contributed by atoms with Crippen molar-refractivity contribution in [3.8, 4) is 0 Å². The second kappa shape index (κ2) is 6.96. The summed E-state index contributed by atoms with van der Waals surface area (Å²) >= 11 is 0.456. The van der Waals surface area contributed by atoms with Gasteiger partial charge in [-0.3, -0.25) is 9.59 Å². The molecular formula is C15H12F3NO4S2. The van der Waals surface area contributed by atoms with Crippen LogP contribution in [0.1, 0.15) is 24.9 Å². The number of carbonyl (C=O) groups excluding carboxylic acids is 2. The van der Waals surface area contributed by atoms with E-state index in [1.807, 2.05) is 0 Å². The Labute approximate surface area is 145 Å². The zero-order valence-electron chi connectivity index (χ0n) is 12.8. The van der Waals surface area contributed by atoms with E-state index >= 15 is 0 Å². The van der Waals surface area contributed by atoms with E-state index in [9.17, 15) is 31.2 Å². The second-order valence-electron chi connectivity index (χ2n) is 5.09. The predicted octanol–water partition coefficient (Wildman–Crippen LogP) is 2.83. The molecule has 1 aromatic carbocycles. The SMILES string of the molecule is CS(=O)(=O)c1ccc(CNC(=O)c2ccc(C(=O)C(F)(F)F)s2)cc1. The highest BCUT2D eigenvalue weighted by Gasteiger charge is 2.40. The molecule has 5 nitrogen and oxygen atoms in total. The molecule has 0 saturated heterocycles. The van der Waals surface area contributed by atoms with Crippen molar-refractivity contribution in [1.82, 2.24) is 5.32 Å². The number of Topliss-reactive ketones (excluding diaryl/α,β-unsaturated/α-hetero) is 1. The van der Waals surface area contributed by atoms with Gasteiger partial charge in [0.25, 0.3) is 11.7 Å². The van der Waals surface area contributed by atoms with E-state index in [0.29, 0.717) is 16.9 Å². The number of halogens is 3. The number of benzene rings is 1. The van der Waals surface area contributed by atoms with Crippen molar-refractivity contribution < 1.29 is 31.2 Å². The Kier molecular flexibility index (Phi) is 5.33. The molecule has 0 aliphatic heterocycles. The molecule has 0 unspecified atom stereocenters. The van der Waals surface area contributed by atoms with Crippen LogP contribution >= 0.6 is 11.3 Å². The number of ketones is 1. The quantitative estimate of drug-likeness (QED) is 0.795. The third kappa shape index (κ3) is 4.89. The smallest absolute Gasteiger partial charge is 0.347 e. The molecule has 1 heterocycles. The third-order valence-corrected chi connectivity index (χ3v) is 5.33. The van der Waals surface area contributed by atoms with Gasteiger partial charge in [-0.05, 0) is 29.8 Å². The van der Waals surface area contributed by atoms with Gasteiger partial charge >= 0.3 is 6.18 Å². The van der Waals surface area contributed by atoms with E-state index in [1.54, 1.807) is 0 Å². The van der Waals surface area contributed by atoms with Gasteiger partial charge in [-0.25, -0.2) is 8.42 Å². The van der Waals surface area contributed by atoms with E-state index in [-0.39, 0.29) is 16.3 Å². The average molecular weight is 391 g/mol. The summed E-state index contributed by atoms with van der Waals surface area (Å²) in [6, 6.07) is 7.92. The van der Waals surface area contributed by atoms with Crippen molar-refractivity contribution in [2.24, 2.45) is 0 Å². The maximum atomic E-state index is 12.3. The zero-order valence-corrected chi connectivity index (χ0v) is 14.4. The van der Waals surface area contributed by atoms with Crippen LogP contribution in [0, 0.1) is 0 Å². The van der Waals surface area contributed by atoms with E-state index in [1.165, 1.54) is 24.3 Å². The Morgan fingerprint density at radius 2 is 1.60 bits per heavy atom. The maximum absolute atomic E-state index is 12.3. The first kappa shape index (κ1) is 19.1. The van der Waals surface area contributed by atoms with Crippen LogP contribution < -0.4 is 5.32 Å². The number of nitrogens with one attached hydrogen (secondary N) is 1. The normalized spacial score (nSPS) is 12.0. The van der Waals surface area contributed by atoms with Gasteiger partial charge in [0.05, 0.1) is 14.6 Å². The first-order valence-corrected chi connectivity index (χ1v) is 9.48. The molecule has 0 bridgehead atoms. The molecule has 1 aromatic heterocycles. The molecule has 0 fully saturated rings.